The first-order valence-electron chi connectivity index (χ1n) is 11.1. The monoisotopic (exact) mass is 463 g/mol. The van der Waals surface area contributed by atoms with Gasteiger partial charge in [0.15, 0.2) is 0 Å². The number of hydrogen-bond acceptors (Lipinski definition) is 7. The van der Waals surface area contributed by atoms with E-state index in [1.54, 1.807) is 6.07 Å². The maximum atomic E-state index is 10.3. The Kier molecular flexibility index (Phi) is 17.9. The molecule has 0 bridgehead atoms. The molecular weight excluding hydrogens is 422 g/mol. The summed E-state index contributed by atoms with van der Waals surface area (Å²) >= 11 is 0. The first kappa shape index (κ1) is 29.9. The summed E-state index contributed by atoms with van der Waals surface area (Å²) in [7, 11) is -4.25. The molecule has 182 valence electrons. The highest BCUT2D eigenvalue weighted by atomic mass is 32.2. The van der Waals surface area contributed by atoms with Crippen molar-refractivity contribution in [2.75, 3.05) is 52.6 Å². The van der Waals surface area contributed by atoms with Gasteiger partial charge >= 0.3 is 0 Å². The summed E-state index contributed by atoms with van der Waals surface area (Å²) in [5.41, 5.74) is 0. The van der Waals surface area contributed by atoms with Gasteiger partial charge in [-0.05, 0) is 63.5 Å². The van der Waals surface area contributed by atoms with Gasteiger partial charge in [-0.3, -0.25) is 0 Å². The SMILES string of the molecule is O=S(=O)([O-])c1ccccc1.OCCCC[N+](CCCCO)(CCCCO)CCCCO. The zero-order chi connectivity index (χ0) is 23.4. The van der Waals surface area contributed by atoms with Gasteiger partial charge in [0.05, 0.1) is 31.1 Å². The molecule has 0 unspecified atom stereocenters. The summed E-state index contributed by atoms with van der Waals surface area (Å²) < 4.78 is 31.8. The Hall–Kier alpha value is -1.07. The van der Waals surface area contributed by atoms with Crippen LogP contribution in [0.5, 0.6) is 0 Å². The van der Waals surface area contributed by atoms with E-state index in [9.17, 15) is 13.0 Å². The Labute approximate surface area is 187 Å². The predicted molar refractivity (Wildman–Crippen MR) is 119 cm³/mol. The number of rotatable bonds is 17. The van der Waals surface area contributed by atoms with Crippen LogP contribution >= 0.6 is 0 Å². The van der Waals surface area contributed by atoms with E-state index in [0.717, 1.165) is 82.0 Å². The maximum Gasteiger partial charge on any atom is 0.124 e. The molecule has 0 aliphatic heterocycles. The molecule has 0 atom stereocenters. The van der Waals surface area contributed by atoms with Crippen LogP contribution in [-0.2, 0) is 10.1 Å². The summed E-state index contributed by atoms with van der Waals surface area (Å²) in [5.74, 6) is 0. The molecule has 1 rings (SSSR count). The minimum Gasteiger partial charge on any atom is -0.744 e. The van der Waals surface area contributed by atoms with Gasteiger partial charge in [-0.25, -0.2) is 8.42 Å². The van der Waals surface area contributed by atoms with E-state index < -0.39 is 10.1 Å². The maximum absolute atomic E-state index is 10.3. The number of quaternary nitrogens is 1. The van der Waals surface area contributed by atoms with Crippen molar-refractivity contribution in [2.24, 2.45) is 0 Å². The largest absolute Gasteiger partial charge is 0.744 e. The van der Waals surface area contributed by atoms with Crippen molar-refractivity contribution in [1.29, 1.82) is 0 Å². The van der Waals surface area contributed by atoms with Crippen molar-refractivity contribution in [3.8, 4) is 0 Å². The average molecular weight is 464 g/mol. The Bertz CT molecular complexity index is 580. The topological polar surface area (TPSA) is 138 Å². The van der Waals surface area contributed by atoms with Crippen LogP contribution in [0.25, 0.3) is 0 Å². The molecule has 0 aliphatic rings. The summed E-state index contributed by atoms with van der Waals surface area (Å²) in [6, 6.07) is 7.19. The van der Waals surface area contributed by atoms with E-state index in [0.29, 0.717) is 0 Å². The second-order valence-corrected chi connectivity index (χ2v) is 9.11. The second kappa shape index (κ2) is 18.5. The molecule has 31 heavy (non-hydrogen) atoms. The Morgan fingerprint density at radius 2 is 0.935 bits per heavy atom. The van der Waals surface area contributed by atoms with E-state index in [2.05, 4.69) is 0 Å². The summed E-state index contributed by atoms with van der Waals surface area (Å²) in [6.07, 6.45) is 7.36. The number of aliphatic hydroxyl groups is 4. The molecule has 1 aromatic carbocycles. The minimum atomic E-state index is -4.25. The number of benzene rings is 1. The number of nitrogens with zero attached hydrogens (tertiary/aromatic N) is 1. The smallest absolute Gasteiger partial charge is 0.124 e. The summed E-state index contributed by atoms with van der Waals surface area (Å²) in [4.78, 5) is -0.185. The van der Waals surface area contributed by atoms with E-state index >= 15 is 0 Å². The third-order valence-electron chi connectivity index (χ3n) is 5.19. The third kappa shape index (κ3) is 15.4. The van der Waals surface area contributed by atoms with Crippen molar-refractivity contribution in [3.05, 3.63) is 30.3 Å². The highest BCUT2D eigenvalue weighted by molar-refractivity contribution is 7.85. The van der Waals surface area contributed by atoms with Gasteiger partial charge in [-0.2, -0.15) is 0 Å². The molecule has 4 N–H and O–H groups in total. The van der Waals surface area contributed by atoms with E-state index in [1.165, 1.54) is 24.3 Å². The Balaban J connectivity index is 0.000000743. The molecule has 0 saturated heterocycles. The molecular formula is C22H41NO7S. The van der Waals surface area contributed by atoms with Crippen molar-refractivity contribution in [2.45, 2.75) is 56.3 Å². The first-order chi connectivity index (χ1) is 14.8. The van der Waals surface area contributed by atoms with Crippen LogP contribution in [0.4, 0.5) is 0 Å². The van der Waals surface area contributed by atoms with Crippen LogP contribution in [0.1, 0.15) is 51.4 Å². The molecule has 0 radical (unpaired) electrons. The lowest BCUT2D eigenvalue weighted by molar-refractivity contribution is -0.929. The fraction of sp³-hybridized carbons (Fsp3) is 0.727. The lowest BCUT2D eigenvalue weighted by Gasteiger charge is -2.39. The fourth-order valence-corrected chi connectivity index (χ4v) is 3.98. The van der Waals surface area contributed by atoms with E-state index in [-0.39, 0.29) is 31.3 Å². The van der Waals surface area contributed by atoms with Crippen LogP contribution in [0.15, 0.2) is 35.2 Å². The summed E-state index contributed by atoms with van der Waals surface area (Å²) in [5, 5.41) is 36.0. The second-order valence-electron chi connectivity index (χ2n) is 7.73. The highest BCUT2D eigenvalue weighted by Crippen LogP contribution is 2.16. The predicted octanol–water partition coefficient (Wildman–Crippen LogP) is 1.48. The van der Waals surface area contributed by atoms with Crippen LogP contribution in [0.2, 0.25) is 0 Å². The van der Waals surface area contributed by atoms with Crippen LogP contribution in [0.3, 0.4) is 0 Å². The first-order valence-corrected chi connectivity index (χ1v) is 12.6. The molecule has 1 aromatic rings. The molecule has 0 spiro atoms. The fourth-order valence-electron chi connectivity index (χ4n) is 3.49. The standard InChI is InChI=1S/C16H36NO4.C6H6O3S/c18-13-5-1-9-17(10-2-6-14-19,11-3-7-15-20)12-4-8-16-21;7-10(8,9)6-4-2-1-3-5-6/h18-21H,1-16H2;1-5H,(H,7,8,9)/q+1;/p-1. The van der Waals surface area contributed by atoms with Crippen LogP contribution < -0.4 is 0 Å². The van der Waals surface area contributed by atoms with Crippen molar-refractivity contribution < 1.29 is 37.9 Å². The van der Waals surface area contributed by atoms with Gasteiger partial charge in [0.1, 0.15) is 10.1 Å². The van der Waals surface area contributed by atoms with Gasteiger partial charge in [-0.15, -0.1) is 0 Å². The lowest BCUT2D eigenvalue weighted by atomic mass is 10.1. The molecule has 0 fully saturated rings. The van der Waals surface area contributed by atoms with Gasteiger partial charge in [0.2, 0.25) is 0 Å². The summed E-state index contributed by atoms with van der Waals surface area (Å²) in [6.45, 7) is 5.14. The molecule has 8 nitrogen and oxygen atoms in total. The van der Waals surface area contributed by atoms with Crippen LogP contribution in [0, 0.1) is 0 Å². The third-order valence-corrected chi connectivity index (χ3v) is 6.04. The zero-order valence-corrected chi connectivity index (χ0v) is 19.4. The molecule has 0 saturated carbocycles. The zero-order valence-electron chi connectivity index (χ0n) is 18.6. The molecule has 9 heteroatoms. The molecule has 0 aromatic heterocycles. The normalized spacial score (nSPS) is 11.8. The molecule has 0 heterocycles. The van der Waals surface area contributed by atoms with Gasteiger partial charge in [0.25, 0.3) is 0 Å². The molecule has 0 aliphatic carbocycles. The van der Waals surface area contributed by atoms with Crippen molar-refractivity contribution in [1.82, 2.24) is 0 Å². The number of hydrogen-bond donors (Lipinski definition) is 4. The number of aliphatic hydroxyl groups excluding tert-OH is 4. The average Bonchev–Trinajstić information content (AvgIpc) is 2.75. The molecule has 0 amide bonds. The number of unbranched alkanes of at least 4 members (excludes halogenated alkanes) is 4. The Morgan fingerprint density at radius 1 is 0.613 bits per heavy atom. The van der Waals surface area contributed by atoms with E-state index in [1.807, 2.05) is 0 Å². The van der Waals surface area contributed by atoms with Crippen LogP contribution in [-0.4, -0.2) is 90.5 Å². The minimum absolute atomic E-state index is 0.185. The quantitative estimate of drug-likeness (QED) is 0.156. The van der Waals surface area contributed by atoms with Gasteiger partial charge in [-0.1, -0.05) is 18.2 Å². The Morgan fingerprint density at radius 3 is 1.16 bits per heavy atom. The van der Waals surface area contributed by atoms with E-state index in [4.69, 9.17) is 20.4 Å². The lowest BCUT2D eigenvalue weighted by Crippen LogP contribution is -2.51. The van der Waals surface area contributed by atoms with Crippen molar-refractivity contribution in [3.63, 3.8) is 0 Å². The van der Waals surface area contributed by atoms with Crippen molar-refractivity contribution >= 4 is 10.1 Å². The van der Waals surface area contributed by atoms with Gasteiger partial charge in [0, 0.05) is 26.4 Å². The highest BCUT2D eigenvalue weighted by Gasteiger charge is 2.25. The van der Waals surface area contributed by atoms with Gasteiger partial charge < -0.3 is 29.5 Å².